The average molecular weight is 160 g/mol. The Hall–Kier alpha value is -0.190. The number of hydrogen-bond acceptors (Lipinski definition) is 1. The van der Waals surface area contributed by atoms with Crippen LogP contribution in [0, 0.1) is 0 Å². The number of alkyl halides is 3. The molecular formula is C4H4F4S. The van der Waals surface area contributed by atoms with Crippen molar-refractivity contribution in [3.05, 3.63) is 11.9 Å². The molecule has 0 saturated carbocycles. The van der Waals surface area contributed by atoms with Crippen molar-refractivity contribution < 1.29 is 17.6 Å². The van der Waals surface area contributed by atoms with E-state index in [9.17, 15) is 17.6 Å². The van der Waals surface area contributed by atoms with Crippen molar-refractivity contribution in [2.45, 2.75) is 6.18 Å². The zero-order chi connectivity index (χ0) is 7.49. The van der Waals surface area contributed by atoms with Crippen LogP contribution in [0.3, 0.4) is 0 Å². The Labute approximate surface area is 55.0 Å². The first-order chi connectivity index (χ1) is 3.98. The van der Waals surface area contributed by atoms with Crippen molar-refractivity contribution in [1.29, 1.82) is 0 Å². The molecule has 0 heterocycles. The largest absolute Gasteiger partial charge is 0.442 e. The number of halogens is 4. The van der Waals surface area contributed by atoms with Gasteiger partial charge >= 0.3 is 6.18 Å². The van der Waals surface area contributed by atoms with E-state index in [1.54, 1.807) is 0 Å². The van der Waals surface area contributed by atoms with Gasteiger partial charge in [0.05, 0.1) is 0 Å². The second-order valence-electron chi connectivity index (χ2n) is 1.23. The fourth-order valence-corrected chi connectivity index (χ4v) is 0.356. The minimum absolute atomic E-state index is 0.245. The van der Waals surface area contributed by atoms with Crippen LogP contribution in [0.25, 0.3) is 0 Å². The summed E-state index contributed by atoms with van der Waals surface area (Å²) < 4.78 is 45.1. The van der Waals surface area contributed by atoms with Gasteiger partial charge in [-0.3, -0.25) is 0 Å². The molecular weight excluding hydrogens is 156 g/mol. The fourth-order valence-electron chi connectivity index (χ4n) is 0.196. The highest BCUT2D eigenvalue weighted by Crippen LogP contribution is 2.25. The van der Waals surface area contributed by atoms with Gasteiger partial charge in [0.1, 0.15) is 0 Å². The van der Waals surface area contributed by atoms with Crippen LogP contribution in [0.5, 0.6) is 0 Å². The van der Waals surface area contributed by atoms with Crippen molar-refractivity contribution in [2.75, 3.05) is 5.75 Å². The number of thiol groups is 1. The summed E-state index contributed by atoms with van der Waals surface area (Å²) >= 11 is 3.38. The number of allylic oxidation sites excluding steroid dienone is 1. The second kappa shape index (κ2) is 3.10. The fraction of sp³-hybridized carbons (Fsp3) is 0.500. The van der Waals surface area contributed by atoms with Gasteiger partial charge in [0.15, 0.2) is 0 Å². The van der Waals surface area contributed by atoms with Gasteiger partial charge in [0.2, 0.25) is 5.83 Å². The molecule has 0 amide bonds. The van der Waals surface area contributed by atoms with Crippen LogP contribution in [-0.2, 0) is 0 Å². The Morgan fingerprint density at radius 3 is 2.00 bits per heavy atom. The molecule has 0 spiro atoms. The molecule has 0 aromatic carbocycles. The first-order valence-corrected chi connectivity index (χ1v) is 2.65. The van der Waals surface area contributed by atoms with Gasteiger partial charge in [0, 0.05) is 5.75 Å². The third-order valence-corrected chi connectivity index (χ3v) is 0.724. The molecule has 0 saturated heterocycles. The van der Waals surface area contributed by atoms with E-state index in [0.29, 0.717) is 6.08 Å². The smallest absolute Gasteiger partial charge is 0.202 e. The lowest BCUT2D eigenvalue weighted by atomic mass is 10.5. The van der Waals surface area contributed by atoms with Crippen LogP contribution in [0.15, 0.2) is 11.9 Å². The van der Waals surface area contributed by atoms with Gasteiger partial charge in [-0.25, -0.2) is 4.39 Å². The van der Waals surface area contributed by atoms with Crippen LogP contribution >= 0.6 is 12.6 Å². The Morgan fingerprint density at radius 1 is 1.44 bits per heavy atom. The summed E-state index contributed by atoms with van der Waals surface area (Å²) in [6.07, 6.45) is -4.48. The molecule has 0 fully saturated rings. The Bertz CT molecular complexity index is 114. The van der Waals surface area contributed by atoms with Gasteiger partial charge in [0.25, 0.3) is 0 Å². The monoisotopic (exact) mass is 160 g/mol. The van der Waals surface area contributed by atoms with E-state index in [0.717, 1.165) is 0 Å². The maximum atomic E-state index is 11.6. The van der Waals surface area contributed by atoms with Gasteiger partial charge in [-0.2, -0.15) is 25.8 Å². The lowest BCUT2D eigenvalue weighted by Crippen LogP contribution is -2.07. The second-order valence-corrected chi connectivity index (χ2v) is 1.60. The summed E-state index contributed by atoms with van der Waals surface area (Å²) in [5.74, 6) is -2.33. The SMILES string of the molecule is F/C(=C\CS)C(F)(F)F. The third-order valence-electron chi connectivity index (χ3n) is 0.541. The van der Waals surface area contributed by atoms with E-state index in [1.807, 2.05) is 0 Å². The van der Waals surface area contributed by atoms with Crippen molar-refractivity contribution in [3.8, 4) is 0 Å². The van der Waals surface area contributed by atoms with Crippen molar-refractivity contribution in [2.24, 2.45) is 0 Å². The highest BCUT2D eigenvalue weighted by molar-refractivity contribution is 7.80. The van der Waals surface area contributed by atoms with Crippen LogP contribution in [0.1, 0.15) is 0 Å². The molecule has 0 aliphatic carbocycles. The lowest BCUT2D eigenvalue weighted by Gasteiger charge is -2.00. The molecule has 0 aliphatic heterocycles. The molecule has 0 N–H and O–H groups in total. The highest BCUT2D eigenvalue weighted by Gasteiger charge is 2.33. The van der Waals surface area contributed by atoms with Crippen molar-refractivity contribution >= 4 is 12.6 Å². The molecule has 0 unspecified atom stereocenters. The van der Waals surface area contributed by atoms with Crippen LogP contribution in [0.4, 0.5) is 17.6 Å². The minimum atomic E-state index is -4.84. The van der Waals surface area contributed by atoms with Gasteiger partial charge in [-0.05, 0) is 6.08 Å². The summed E-state index contributed by atoms with van der Waals surface area (Å²) in [6, 6.07) is 0. The zero-order valence-electron chi connectivity index (χ0n) is 4.24. The molecule has 54 valence electrons. The summed E-state index contributed by atoms with van der Waals surface area (Å²) in [5, 5.41) is 0. The van der Waals surface area contributed by atoms with Gasteiger partial charge < -0.3 is 0 Å². The normalized spacial score (nSPS) is 14.1. The van der Waals surface area contributed by atoms with Gasteiger partial charge in [-0.1, -0.05) is 0 Å². The van der Waals surface area contributed by atoms with E-state index in [4.69, 9.17) is 0 Å². The average Bonchev–Trinajstić information content (AvgIpc) is 1.64. The van der Waals surface area contributed by atoms with E-state index in [1.165, 1.54) is 0 Å². The lowest BCUT2D eigenvalue weighted by molar-refractivity contribution is -0.108. The molecule has 0 aromatic rings. The summed E-state index contributed by atoms with van der Waals surface area (Å²) in [4.78, 5) is 0. The maximum Gasteiger partial charge on any atom is 0.442 e. The summed E-state index contributed by atoms with van der Waals surface area (Å²) in [5.41, 5.74) is 0. The third kappa shape index (κ3) is 3.40. The zero-order valence-corrected chi connectivity index (χ0v) is 5.14. The molecule has 0 nitrogen and oxygen atoms in total. The molecule has 9 heavy (non-hydrogen) atoms. The number of rotatable bonds is 1. The quantitative estimate of drug-likeness (QED) is 0.441. The topological polar surface area (TPSA) is 0 Å². The van der Waals surface area contributed by atoms with E-state index in [2.05, 4.69) is 12.6 Å². The Balaban J connectivity index is 4.03. The van der Waals surface area contributed by atoms with Crippen LogP contribution in [0.2, 0.25) is 0 Å². The van der Waals surface area contributed by atoms with Crippen molar-refractivity contribution in [1.82, 2.24) is 0 Å². The van der Waals surface area contributed by atoms with E-state index in [-0.39, 0.29) is 5.75 Å². The van der Waals surface area contributed by atoms with Crippen molar-refractivity contribution in [3.63, 3.8) is 0 Å². The molecule has 0 atom stereocenters. The molecule has 0 aromatic heterocycles. The van der Waals surface area contributed by atoms with Crippen LogP contribution in [-0.4, -0.2) is 11.9 Å². The Morgan fingerprint density at radius 2 is 1.89 bits per heavy atom. The standard InChI is InChI=1S/C4H4F4S/c5-3(1-2-9)4(6,7)8/h1,9H,2H2/b3-1-. The summed E-state index contributed by atoms with van der Waals surface area (Å²) in [7, 11) is 0. The highest BCUT2D eigenvalue weighted by atomic mass is 32.1. The van der Waals surface area contributed by atoms with E-state index >= 15 is 0 Å². The van der Waals surface area contributed by atoms with Gasteiger partial charge in [-0.15, -0.1) is 0 Å². The van der Waals surface area contributed by atoms with Crippen LogP contribution < -0.4 is 0 Å². The first-order valence-electron chi connectivity index (χ1n) is 2.02. The molecule has 0 bridgehead atoms. The van der Waals surface area contributed by atoms with E-state index < -0.39 is 12.0 Å². The number of hydrogen-bond donors (Lipinski definition) is 1. The maximum absolute atomic E-state index is 11.6. The minimum Gasteiger partial charge on any atom is -0.202 e. The molecule has 0 radical (unpaired) electrons. The molecule has 0 rings (SSSR count). The Kier molecular flexibility index (Phi) is 3.03. The molecule has 5 heteroatoms. The summed E-state index contributed by atoms with van der Waals surface area (Å²) in [6.45, 7) is 0. The first kappa shape index (κ1) is 8.81. The predicted molar refractivity (Wildman–Crippen MR) is 29.1 cm³/mol. The molecule has 0 aliphatic rings. The predicted octanol–water partition coefficient (Wildman–Crippen LogP) is 2.33.